The summed E-state index contributed by atoms with van der Waals surface area (Å²) in [7, 11) is 4.69. The van der Waals surface area contributed by atoms with Crippen LogP contribution in [0.25, 0.3) is 0 Å². The number of esters is 1. The summed E-state index contributed by atoms with van der Waals surface area (Å²) in [5.74, 6) is 1.04. The third kappa shape index (κ3) is 10.2. The van der Waals surface area contributed by atoms with Gasteiger partial charge in [0.1, 0.15) is 35.7 Å². The predicted molar refractivity (Wildman–Crippen MR) is 132 cm³/mol. The molecule has 2 rings (SSSR count). The van der Waals surface area contributed by atoms with Gasteiger partial charge in [-0.2, -0.15) is 0 Å². The number of ketones is 1. The summed E-state index contributed by atoms with van der Waals surface area (Å²) in [4.78, 5) is 24.4. The predicted octanol–water partition coefficient (Wildman–Crippen LogP) is 5.76. The number of methoxy groups -OCH3 is 3. The first-order chi connectivity index (χ1) is 17.0. The maximum atomic E-state index is 12.4. The molecule has 0 amide bonds. The van der Waals surface area contributed by atoms with Gasteiger partial charge in [-0.15, -0.1) is 0 Å². The van der Waals surface area contributed by atoms with Gasteiger partial charge in [0.2, 0.25) is 0 Å². The van der Waals surface area contributed by atoms with E-state index in [2.05, 4.69) is 0 Å². The van der Waals surface area contributed by atoms with Gasteiger partial charge in [-0.1, -0.05) is 32.1 Å². The molecule has 1 aromatic carbocycles. The van der Waals surface area contributed by atoms with Gasteiger partial charge in [0.15, 0.2) is 6.79 Å². The highest BCUT2D eigenvalue weighted by Gasteiger charge is 2.34. The number of rotatable bonds is 20. The van der Waals surface area contributed by atoms with Crippen LogP contribution < -0.4 is 9.47 Å². The molecular weight excluding hydrogens is 452 g/mol. The van der Waals surface area contributed by atoms with E-state index in [0.717, 1.165) is 63.4 Å². The van der Waals surface area contributed by atoms with E-state index in [4.69, 9.17) is 28.4 Å². The summed E-state index contributed by atoms with van der Waals surface area (Å²) in [6, 6.07) is 3.54. The van der Waals surface area contributed by atoms with Crippen LogP contribution in [0.5, 0.6) is 11.5 Å². The molecule has 35 heavy (non-hydrogen) atoms. The van der Waals surface area contributed by atoms with Crippen LogP contribution in [0.15, 0.2) is 12.1 Å². The van der Waals surface area contributed by atoms with Crippen molar-refractivity contribution in [3.63, 3.8) is 0 Å². The molecule has 0 saturated carbocycles. The van der Waals surface area contributed by atoms with Crippen molar-refractivity contribution in [2.75, 3.05) is 34.9 Å². The molecule has 0 saturated heterocycles. The topological polar surface area (TPSA) is 89.5 Å². The number of Topliss-reactive ketones (excluding diaryl/α,β-unsaturated/α-hetero) is 1. The minimum absolute atomic E-state index is 0.0493. The van der Waals surface area contributed by atoms with Gasteiger partial charge in [0.05, 0.1) is 13.2 Å². The Morgan fingerprint density at radius 2 is 1.63 bits per heavy atom. The first-order valence-corrected chi connectivity index (χ1v) is 12.7. The molecule has 8 heteroatoms. The number of ether oxygens (including phenoxy) is 6. The quantitative estimate of drug-likeness (QED) is 0.128. The van der Waals surface area contributed by atoms with E-state index in [1.807, 2.05) is 13.0 Å². The minimum atomic E-state index is -0.341. The van der Waals surface area contributed by atoms with Crippen molar-refractivity contribution in [2.45, 2.75) is 89.8 Å². The monoisotopic (exact) mass is 494 g/mol. The lowest BCUT2D eigenvalue weighted by Gasteiger charge is -2.13. The normalized spacial score (nSPS) is 15.5. The van der Waals surface area contributed by atoms with Crippen LogP contribution in [0.3, 0.4) is 0 Å². The lowest BCUT2D eigenvalue weighted by Crippen LogP contribution is -2.12. The van der Waals surface area contributed by atoms with Gasteiger partial charge in [-0.25, -0.2) is 4.79 Å². The second-order valence-electron chi connectivity index (χ2n) is 9.01. The maximum absolute atomic E-state index is 12.4. The number of carbonyl (C=O) groups excluding carboxylic acids is 2. The zero-order valence-electron chi connectivity index (χ0n) is 21.8. The Kier molecular flexibility index (Phi) is 13.7. The largest absolute Gasteiger partial charge is 0.496 e. The zero-order chi connectivity index (χ0) is 25.5. The molecule has 0 fully saturated rings. The second-order valence-corrected chi connectivity index (χ2v) is 9.01. The Labute approximate surface area is 209 Å². The van der Waals surface area contributed by atoms with Crippen LogP contribution in [-0.4, -0.2) is 52.8 Å². The smallest absolute Gasteiger partial charge is 0.342 e. The van der Waals surface area contributed by atoms with Crippen LogP contribution in [0.4, 0.5) is 0 Å². The number of fused-ring (bicyclic) bond motifs is 1. The molecule has 0 N–H and O–H groups in total. The number of hydrogen-bond acceptors (Lipinski definition) is 8. The van der Waals surface area contributed by atoms with Crippen LogP contribution in [-0.2, 0) is 23.7 Å². The molecule has 1 heterocycles. The Balaban J connectivity index is 1.60. The van der Waals surface area contributed by atoms with Gasteiger partial charge in [0, 0.05) is 38.7 Å². The van der Waals surface area contributed by atoms with Gasteiger partial charge >= 0.3 is 5.97 Å². The number of benzene rings is 1. The molecule has 0 spiro atoms. The molecule has 1 aromatic rings. The van der Waals surface area contributed by atoms with Gasteiger partial charge in [-0.3, -0.25) is 4.79 Å². The molecular formula is C27H42O8. The first-order valence-electron chi connectivity index (χ1n) is 12.7. The fourth-order valence-corrected chi connectivity index (χ4v) is 4.21. The lowest BCUT2D eigenvalue weighted by atomic mass is 9.98. The molecule has 198 valence electrons. The number of cyclic esters (lactones) is 1. The summed E-state index contributed by atoms with van der Waals surface area (Å²) in [6.07, 6.45) is 10.1. The molecule has 8 nitrogen and oxygen atoms in total. The van der Waals surface area contributed by atoms with Crippen LogP contribution in [0.2, 0.25) is 0 Å². The van der Waals surface area contributed by atoms with E-state index < -0.39 is 0 Å². The third-order valence-corrected chi connectivity index (χ3v) is 6.19. The summed E-state index contributed by atoms with van der Waals surface area (Å²) in [5, 5.41) is 0. The lowest BCUT2D eigenvalue weighted by molar-refractivity contribution is -0.120. The van der Waals surface area contributed by atoms with Crippen molar-refractivity contribution < 1.29 is 38.0 Å². The Morgan fingerprint density at radius 1 is 0.943 bits per heavy atom. The number of unbranched alkanes of at least 4 members (excludes halogenated alkanes) is 6. The molecule has 1 aliphatic rings. The number of carbonyl (C=O) groups is 2. The first kappa shape index (κ1) is 29.1. The molecule has 0 bridgehead atoms. The summed E-state index contributed by atoms with van der Waals surface area (Å²) in [6.45, 7) is 2.36. The minimum Gasteiger partial charge on any atom is -0.496 e. The average Bonchev–Trinajstić information content (AvgIpc) is 3.18. The van der Waals surface area contributed by atoms with Crippen molar-refractivity contribution in [2.24, 2.45) is 0 Å². The van der Waals surface area contributed by atoms with Crippen LogP contribution >= 0.6 is 0 Å². The average molecular weight is 495 g/mol. The van der Waals surface area contributed by atoms with Gasteiger partial charge < -0.3 is 28.4 Å². The molecule has 2 unspecified atom stereocenters. The highest BCUT2D eigenvalue weighted by atomic mass is 16.7. The highest BCUT2D eigenvalue weighted by Crippen LogP contribution is 2.41. The third-order valence-electron chi connectivity index (χ3n) is 6.19. The van der Waals surface area contributed by atoms with Gasteiger partial charge in [-0.05, 0) is 38.7 Å². The van der Waals surface area contributed by atoms with E-state index in [9.17, 15) is 9.59 Å². The SMILES string of the molecule is COCOc1cc(OC)c2c(c1)C(CCCCCCCCCC(=O)CCC(C)OCOC)OC2=O. The summed E-state index contributed by atoms with van der Waals surface area (Å²) < 4.78 is 31.8. The van der Waals surface area contributed by atoms with Crippen molar-refractivity contribution in [3.8, 4) is 11.5 Å². The fourth-order valence-electron chi connectivity index (χ4n) is 4.21. The Bertz CT molecular complexity index is 779. The van der Waals surface area contributed by atoms with Crippen molar-refractivity contribution in [3.05, 3.63) is 23.3 Å². The standard InChI is InChI=1S/C27H42O8/c1-20(33-18-30-2)14-15-21(28)12-10-8-6-5-7-9-11-13-24-23-16-22(34-19-31-3)17-25(32-4)26(23)27(29)35-24/h16-17,20,24H,5-15,18-19H2,1-4H3. The van der Waals surface area contributed by atoms with Crippen molar-refractivity contribution in [1.29, 1.82) is 0 Å². The molecule has 1 aliphatic heterocycles. The van der Waals surface area contributed by atoms with Gasteiger partial charge in [0.25, 0.3) is 0 Å². The zero-order valence-corrected chi connectivity index (χ0v) is 21.8. The van der Waals surface area contributed by atoms with Crippen LogP contribution in [0.1, 0.15) is 99.6 Å². The molecule has 0 radical (unpaired) electrons. The Hall–Kier alpha value is -2.16. The molecule has 0 aromatic heterocycles. The summed E-state index contributed by atoms with van der Waals surface area (Å²) in [5.41, 5.74) is 1.32. The summed E-state index contributed by atoms with van der Waals surface area (Å²) >= 11 is 0. The molecule has 2 atom stereocenters. The highest BCUT2D eigenvalue weighted by molar-refractivity contribution is 5.97. The van der Waals surface area contributed by atoms with Crippen LogP contribution in [0, 0.1) is 0 Å². The van der Waals surface area contributed by atoms with E-state index >= 15 is 0 Å². The Morgan fingerprint density at radius 3 is 2.31 bits per heavy atom. The van der Waals surface area contributed by atoms with E-state index in [1.54, 1.807) is 20.3 Å². The van der Waals surface area contributed by atoms with Crippen molar-refractivity contribution >= 4 is 11.8 Å². The van der Waals surface area contributed by atoms with E-state index in [0.29, 0.717) is 35.7 Å². The molecule has 0 aliphatic carbocycles. The van der Waals surface area contributed by atoms with E-state index in [1.165, 1.54) is 7.11 Å². The maximum Gasteiger partial charge on any atom is 0.342 e. The van der Waals surface area contributed by atoms with E-state index in [-0.39, 0.29) is 31.8 Å². The second kappa shape index (κ2) is 16.5. The number of hydrogen-bond donors (Lipinski definition) is 0. The van der Waals surface area contributed by atoms with Crippen molar-refractivity contribution in [1.82, 2.24) is 0 Å². The fraction of sp³-hybridized carbons (Fsp3) is 0.704.